The maximum Gasteiger partial charge on any atom is 0.272 e. The number of anilines is 1. The minimum atomic E-state index is -0.844. The Morgan fingerprint density at radius 2 is 2.10 bits per heavy atom. The summed E-state index contributed by atoms with van der Waals surface area (Å²) in [6.07, 6.45) is 0.404. The molecular weight excluding hydrogens is 375 g/mol. The van der Waals surface area contributed by atoms with Crippen LogP contribution >= 0.6 is 0 Å². The smallest absolute Gasteiger partial charge is 0.272 e. The molecule has 2 N–H and O–H groups in total. The fourth-order valence-corrected chi connectivity index (χ4v) is 3.22. The number of aromatic amines is 1. The van der Waals surface area contributed by atoms with Crippen LogP contribution in [-0.4, -0.2) is 41.7 Å². The molecule has 0 radical (unpaired) electrons. The summed E-state index contributed by atoms with van der Waals surface area (Å²) >= 11 is 0. The lowest BCUT2D eigenvalue weighted by atomic mass is 10.1. The van der Waals surface area contributed by atoms with Gasteiger partial charge >= 0.3 is 0 Å². The fourth-order valence-electron chi connectivity index (χ4n) is 3.22. The van der Waals surface area contributed by atoms with Gasteiger partial charge in [-0.2, -0.15) is 5.10 Å². The number of carbonyl (C=O) groups is 2. The summed E-state index contributed by atoms with van der Waals surface area (Å²) in [5.74, 6) is -0.513. The second kappa shape index (κ2) is 7.75. The van der Waals surface area contributed by atoms with E-state index in [2.05, 4.69) is 15.5 Å². The Hall–Kier alpha value is -3.68. The van der Waals surface area contributed by atoms with Gasteiger partial charge in [-0.15, -0.1) is 0 Å². The van der Waals surface area contributed by atoms with E-state index in [0.29, 0.717) is 23.6 Å². The first kappa shape index (κ1) is 18.7. The number of carbonyl (C=O) groups excluding carboxylic acids is 2. The second-order valence-electron chi connectivity index (χ2n) is 6.79. The predicted molar refractivity (Wildman–Crippen MR) is 104 cm³/mol. The molecule has 0 unspecified atom stereocenters. The van der Waals surface area contributed by atoms with Gasteiger partial charge in [0.25, 0.3) is 11.8 Å². The number of hydrogen-bond acceptors (Lipinski definition) is 4. The molecule has 2 aromatic carbocycles. The van der Waals surface area contributed by atoms with E-state index in [1.165, 1.54) is 17.0 Å². The average Bonchev–Trinajstić information content (AvgIpc) is 3.14. The summed E-state index contributed by atoms with van der Waals surface area (Å²) in [5.41, 5.74) is 2.21. The summed E-state index contributed by atoms with van der Waals surface area (Å²) in [6.45, 7) is 0.0203. The van der Waals surface area contributed by atoms with Gasteiger partial charge in [-0.3, -0.25) is 14.7 Å². The normalized spacial score (nSPS) is 16.0. The van der Waals surface area contributed by atoms with E-state index in [1.807, 2.05) is 12.1 Å². The van der Waals surface area contributed by atoms with E-state index in [0.717, 1.165) is 5.56 Å². The van der Waals surface area contributed by atoms with Crippen LogP contribution < -0.4 is 15.0 Å². The molecule has 0 saturated carbocycles. The third-order valence-electron chi connectivity index (χ3n) is 4.71. The summed E-state index contributed by atoms with van der Waals surface area (Å²) in [4.78, 5) is 26.8. The SMILES string of the molecule is CN1C(=O)[C@@H](NC(=O)c2cc(Cc3cccc(F)c3)[nH]n2)COc2ccccc21. The van der Waals surface area contributed by atoms with Crippen LogP contribution in [0.2, 0.25) is 0 Å². The number of fused-ring (bicyclic) bond motifs is 1. The molecule has 1 aromatic heterocycles. The van der Waals surface area contributed by atoms with Gasteiger partial charge in [0.05, 0.1) is 5.69 Å². The van der Waals surface area contributed by atoms with Gasteiger partial charge in [0, 0.05) is 19.2 Å². The Labute approximate surface area is 166 Å². The van der Waals surface area contributed by atoms with Crippen LogP contribution in [-0.2, 0) is 11.2 Å². The topological polar surface area (TPSA) is 87.3 Å². The molecule has 1 atom stereocenters. The van der Waals surface area contributed by atoms with Gasteiger partial charge in [-0.25, -0.2) is 4.39 Å². The largest absolute Gasteiger partial charge is 0.489 e. The van der Waals surface area contributed by atoms with Crippen molar-refractivity contribution in [2.24, 2.45) is 0 Å². The molecule has 2 heterocycles. The first-order valence-corrected chi connectivity index (χ1v) is 9.10. The maximum atomic E-state index is 13.3. The van der Waals surface area contributed by atoms with Crippen LogP contribution in [0.25, 0.3) is 0 Å². The minimum absolute atomic E-state index is 0.0203. The number of rotatable bonds is 4. The lowest BCUT2D eigenvalue weighted by Gasteiger charge is -2.19. The zero-order valence-corrected chi connectivity index (χ0v) is 15.7. The van der Waals surface area contributed by atoms with Crippen molar-refractivity contribution >= 4 is 17.5 Å². The lowest BCUT2D eigenvalue weighted by molar-refractivity contribution is -0.120. The van der Waals surface area contributed by atoms with E-state index < -0.39 is 11.9 Å². The third kappa shape index (κ3) is 3.96. The highest BCUT2D eigenvalue weighted by atomic mass is 19.1. The molecule has 0 bridgehead atoms. The molecule has 0 saturated heterocycles. The van der Waals surface area contributed by atoms with Gasteiger partial charge in [-0.1, -0.05) is 24.3 Å². The molecule has 3 aromatic rings. The van der Waals surface area contributed by atoms with Gasteiger partial charge in [0.1, 0.15) is 29.9 Å². The van der Waals surface area contributed by atoms with E-state index in [9.17, 15) is 14.0 Å². The number of benzene rings is 2. The highest BCUT2D eigenvalue weighted by molar-refractivity contribution is 6.02. The molecule has 0 spiro atoms. The molecule has 29 heavy (non-hydrogen) atoms. The van der Waals surface area contributed by atoms with Crippen LogP contribution in [0.5, 0.6) is 5.75 Å². The van der Waals surface area contributed by atoms with Crippen molar-refractivity contribution < 1.29 is 18.7 Å². The quantitative estimate of drug-likeness (QED) is 0.711. The first-order valence-electron chi connectivity index (χ1n) is 9.10. The van der Waals surface area contributed by atoms with Gasteiger partial charge in [0.15, 0.2) is 0 Å². The highest BCUT2D eigenvalue weighted by Crippen LogP contribution is 2.29. The Balaban J connectivity index is 1.44. The standard InChI is InChI=1S/C21H19FN4O3/c1-26-18-7-2-3-8-19(18)29-12-17(21(26)28)23-20(27)16-11-15(24-25-16)10-13-5-4-6-14(22)9-13/h2-9,11,17H,10,12H2,1H3,(H,23,27)(H,24,25)/t17-/m0/s1. The van der Waals surface area contributed by atoms with Crippen molar-refractivity contribution in [1.29, 1.82) is 0 Å². The fraction of sp³-hybridized carbons (Fsp3) is 0.190. The lowest BCUT2D eigenvalue weighted by Crippen LogP contribution is -2.49. The number of nitrogens with one attached hydrogen (secondary N) is 2. The molecule has 7 nitrogen and oxygen atoms in total. The zero-order chi connectivity index (χ0) is 20.4. The van der Waals surface area contributed by atoms with E-state index in [-0.39, 0.29) is 24.0 Å². The number of hydrogen-bond donors (Lipinski definition) is 2. The van der Waals surface area contributed by atoms with Crippen molar-refractivity contribution in [3.63, 3.8) is 0 Å². The number of amides is 2. The molecule has 8 heteroatoms. The van der Waals surface area contributed by atoms with Gasteiger partial charge in [0.2, 0.25) is 0 Å². The number of H-pyrrole nitrogens is 1. The molecule has 1 aliphatic rings. The second-order valence-corrected chi connectivity index (χ2v) is 6.79. The highest BCUT2D eigenvalue weighted by Gasteiger charge is 2.31. The number of para-hydroxylation sites is 2. The summed E-state index contributed by atoms with van der Waals surface area (Å²) < 4.78 is 19.0. The van der Waals surface area contributed by atoms with Crippen molar-refractivity contribution in [1.82, 2.24) is 15.5 Å². The number of ether oxygens (including phenoxy) is 1. The van der Waals surface area contributed by atoms with Crippen molar-refractivity contribution in [2.75, 3.05) is 18.6 Å². The first-order chi connectivity index (χ1) is 14.0. The maximum absolute atomic E-state index is 13.3. The Morgan fingerprint density at radius 3 is 2.93 bits per heavy atom. The average molecular weight is 394 g/mol. The van der Waals surface area contributed by atoms with Crippen LogP contribution in [0, 0.1) is 5.82 Å². The van der Waals surface area contributed by atoms with E-state index in [1.54, 1.807) is 37.4 Å². The minimum Gasteiger partial charge on any atom is -0.489 e. The Bertz CT molecular complexity index is 1070. The van der Waals surface area contributed by atoms with E-state index in [4.69, 9.17) is 4.74 Å². The molecule has 1 aliphatic heterocycles. The van der Waals surface area contributed by atoms with Gasteiger partial charge in [-0.05, 0) is 35.9 Å². The van der Waals surface area contributed by atoms with Gasteiger partial charge < -0.3 is 15.0 Å². The Morgan fingerprint density at radius 1 is 1.28 bits per heavy atom. The van der Waals surface area contributed by atoms with Crippen molar-refractivity contribution in [2.45, 2.75) is 12.5 Å². The molecule has 0 aliphatic carbocycles. The number of nitrogens with zero attached hydrogens (tertiary/aromatic N) is 2. The van der Waals surface area contributed by atoms with Crippen LogP contribution in [0.15, 0.2) is 54.6 Å². The molecule has 2 amide bonds. The van der Waals surface area contributed by atoms with Crippen molar-refractivity contribution in [3.8, 4) is 5.75 Å². The zero-order valence-electron chi connectivity index (χ0n) is 15.7. The molecular formula is C21H19FN4O3. The molecule has 4 rings (SSSR count). The van der Waals surface area contributed by atoms with E-state index >= 15 is 0 Å². The van der Waals surface area contributed by atoms with Crippen LogP contribution in [0.1, 0.15) is 21.7 Å². The Kier molecular flexibility index (Phi) is 4.99. The predicted octanol–water partition coefficient (Wildman–Crippen LogP) is 2.29. The number of likely N-dealkylation sites (N-methyl/N-ethyl adjacent to an activating group) is 1. The van der Waals surface area contributed by atoms with Crippen LogP contribution in [0.3, 0.4) is 0 Å². The summed E-state index contributed by atoms with van der Waals surface area (Å²) in [6, 6.07) is 14.1. The third-order valence-corrected chi connectivity index (χ3v) is 4.71. The number of halogens is 1. The summed E-state index contributed by atoms with van der Waals surface area (Å²) in [5, 5.41) is 9.47. The van der Waals surface area contributed by atoms with Crippen LogP contribution in [0.4, 0.5) is 10.1 Å². The monoisotopic (exact) mass is 394 g/mol. The van der Waals surface area contributed by atoms with Crippen molar-refractivity contribution in [3.05, 3.63) is 77.4 Å². The molecule has 0 fully saturated rings. The summed E-state index contributed by atoms with van der Waals surface area (Å²) in [7, 11) is 1.64. The number of aromatic nitrogens is 2. The molecule has 148 valence electrons.